The largest absolute Gasteiger partial charge is 0.573 e. The number of hydrogen-bond acceptors (Lipinski definition) is 3. The number of carbonyl (C=O) groups is 1. The lowest BCUT2D eigenvalue weighted by Crippen LogP contribution is -2.41. The highest BCUT2D eigenvalue weighted by Gasteiger charge is 2.31. The van der Waals surface area contributed by atoms with Crippen LogP contribution in [0.25, 0.3) is 0 Å². The van der Waals surface area contributed by atoms with E-state index < -0.39 is 6.36 Å². The minimum Gasteiger partial charge on any atom is -0.406 e. The highest BCUT2D eigenvalue weighted by Crippen LogP contribution is 2.23. The van der Waals surface area contributed by atoms with E-state index in [2.05, 4.69) is 20.7 Å². The van der Waals surface area contributed by atoms with Crippen LogP contribution >= 0.6 is 0 Å². The molecule has 8 heteroatoms. The number of hydrogen-bond donors (Lipinski definition) is 3. The molecule has 1 fully saturated rings. The van der Waals surface area contributed by atoms with Gasteiger partial charge in [-0.05, 0) is 36.7 Å². The number of amides is 2. The van der Waals surface area contributed by atoms with Gasteiger partial charge in [0.2, 0.25) is 0 Å². The van der Waals surface area contributed by atoms with Gasteiger partial charge in [0.1, 0.15) is 5.75 Å². The molecule has 2 atom stereocenters. The van der Waals surface area contributed by atoms with Crippen molar-refractivity contribution in [1.82, 2.24) is 10.6 Å². The number of carbonyl (C=O) groups excluding carboxylic acids is 1. The molecular formula is C13H16F3N3O2. The average molecular weight is 303 g/mol. The van der Waals surface area contributed by atoms with Crippen molar-refractivity contribution in [3.63, 3.8) is 0 Å². The Kier molecular flexibility index (Phi) is 4.56. The molecule has 21 heavy (non-hydrogen) atoms. The summed E-state index contributed by atoms with van der Waals surface area (Å²) in [7, 11) is 0. The van der Waals surface area contributed by atoms with E-state index in [1.165, 1.54) is 12.1 Å². The second kappa shape index (κ2) is 6.21. The Morgan fingerprint density at radius 2 is 1.95 bits per heavy atom. The maximum Gasteiger partial charge on any atom is 0.573 e. The topological polar surface area (TPSA) is 62.4 Å². The summed E-state index contributed by atoms with van der Waals surface area (Å²) in [5.74, 6) is 0.000356. The molecule has 1 aliphatic heterocycles. The van der Waals surface area contributed by atoms with Crippen LogP contribution in [-0.4, -0.2) is 31.5 Å². The quantitative estimate of drug-likeness (QED) is 0.803. The maximum atomic E-state index is 12.0. The third-order valence-corrected chi connectivity index (χ3v) is 3.18. The summed E-state index contributed by atoms with van der Waals surface area (Å²) < 4.78 is 39.8. The van der Waals surface area contributed by atoms with Crippen LogP contribution in [0.15, 0.2) is 24.3 Å². The Hall–Kier alpha value is -1.96. The predicted molar refractivity (Wildman–Crippen MR) is 71.1 cm³/mol. The third-order valence-electron chi connectivity index (χ3n) is 3.18. The Labute approximate surface area is 119 Å². The molecule has 2 unspecified atom stereocenters. The molecule has 2 amide bonds. The van der Waals surface area contributed by atoms with Gasteiger partial charge >= 0.3 is 12.4 Å². The Morgan fingerprint density at radius 3 is 2.48 bits per heavy atom. The van der Waals surface area contributed by atoms with Crippen molar-refractivity contribution >= 4 is 11.7 Å². The number of nitrogens with one attached hydrogen (secondary N) is 3. The van der Waals surface area contributed by atoms with Crippen LogP contribution in [0, 0.1) is 5.92 Å². The lowest BCUT2D eigenvalue weighted by atomic mass is 10.1. The zero-order valence-electron chi connectivity index (χ0n) is 11.3. The molecule has 1 aromatic carbocycles. The number of anilines is 1. The molecule has 0 radical (unpaired) electrons. The summed E-state index contributed by atoms with van der Waals surface area (Å²) in [6, 6.07) is 4.62. The second-order valence-corrected chi connectivity index (χ2v) is 4.91. The van der Waals surface area contributed by atoms with Gasteiger partial charge in [-0.1, -0.05) is 6.92 Å². The van der Waals surface area contributed by atoms with Crippen molar-refractivity contribution in [2.24, 2.45) is 5.92 Å². The van der Waals surface area contributed by atoms with E-state index in [0.29, 0.717) is 18.2 Å². The van der Waals surface area contributed by atoms with E-state index in [0.717, 1.165) is 18.7 Å². The fraction of sp³-hybridized carbons (Fsp3) is 0.462. The minimum absolute atomic E-state index is 0.0397. The van der Waals surface area contributed by atoms with Gasteiger partial charge in [0.25, 0.3) is 0 Å². The molecule has 0 aliphatic carbocycles. The Morgan fingerprint density at radius 1 is 1.29 bits per heavy atom. The number of halogens is 3. The molecule has 1 heterocycles. The van der Waals surface area contributed by atoms with Gasteiger partial charge in [-0.25, -0.2) is 4.79 Å². The molecule has 0 bridgehead atoms. The van der Waals surface area contributed by atoms with Gasteiger partial charge in [-0.2, -0.15) is 0 Å². The monoisotopic (exact) mass is 303 g/mol. The minimum atomic E-state index is -4.72. The highest BCUT2D eigenvalue weighted by molar-refractivity contribution is 5.89. The van der Waals surface area contributed by atoms with Gasteiger partial charge in [0.05, 0.1) is 0 Å². The molecule has 1 aromatic rings. The number of alkyl halides is 3. The van der Waals surface area contributed by atoms with Gasteiger partial charge < -0.3 is 20.7 Å². The first-order valence-corrected chi connectivity index (χ1v) is 6.47. The summed E-state index contributed by atoms with van der Waals surface area (Å²) in [5.41, 5.74) is 0.389. The van der Waals surface area contributed by atoms with Gasteiger partial charge in [0, 0.05) is 18.3 Å². The van der Waals surface area contributed by atoms with Crippen LogP contribution in [-0.2, 0) is 0 Å². The van der Waals surface area contributed by atoms with Crippen molar-refractivity contribution in [1.29, 1.82) is 0 Å². The van der Waals surface area contributed by atoms with Gasteiger partial charge in [-0.15, -0.1) is 13.2 Å². The molecule has 0 saturated carbocycles. The first kappa shape index (κ1) is 15.4. The van der Waals surface area contributed by atoms with Crippen molar-refractivity contribution in [2.45, 2.75) is 19.3 Å². The van der Waals surface area contributed by atoms with Crippen molar-refractivity contribution in [3.8, 4) is 5.75 Å². The lowest BCUT2D eigenvalue weighted by Gasteiger charge is -2.17. The van der Waals surface area contributed by atoms with Crippen LogP contribution in [0.1, 0.15) is 6.92 Å². The Bertz CT molecular complexity index is 490. The molecule has 5 nitrogen and oxygen atoms in total. The van der Waals surface area contributed by atoms with E-state index in [4.69, 9.17) is 0 Å². The van der Waals surface area contributed by atoms with E-state index in [9.17, 15) is 18.0 Å². The first-order valence-electron chi connectivity index (χ1n) is 6.47. The van der Waals surface area contributed by atoms with Crippen LogP contribution in [0.2, 0.25) is 0 Å². The molecule has 0 spiro atoms. The third kappa shape index (κ3) is 4.82. The zero-order chi connectivity index (χ0) is 15.5. The fourth-order valence-electron chi connectivity index (χ4n) is 2.08. The smallest absolute Gasteiger partial charge is 0.406 e. The summed E-state index contributed by atoms with van der Waals surface area (Å²) >= 11 is 0. The number of urea groups is 1. The fourth-order valence-corrected chi connectivity index (χ4v) is 2.08. The van der Waals surface area contributed by atoms with E-state index in [-0.39, 0.29) is 17.8 Å². The zero-order valence-corrected chi connectivity index (χ0v) is 11.3. The van der Waals surface area contributed by atoms with E-state index in [1.807, 2.05) is 6.92 Å². The summed E-state index contributed by atoms with van der Waals surface area (Å²) in [6.45, 7) is 3.57. The SMILES string of the molecule is CC1CNCC1NC(=O)Nc1ccc(OC(F)(F)F)cc1. The molecule has 0 aromatic heterocycles. The Balaban J connectivity index is 1.86. The molecule has 2 rings (SSSR count). The lowest BCUT2D eigenvalue weighted by molar-refractivity contribution is -0.274. The van der Waals surface area contributed by atoms with Crippen molar-refractivity contribution in [3.05, 3.63) is 24.3 Å². The van der Waals surface area contributed by atoms with Crippen LogP contribution in [0.4, 0.5) is 23.7 Å². The molecule has 116 valence electrons. The highest BCUT2D eigenvalue weighted by atomic mass is 19.4. The van der Waals surface area contributed by atoms with Crippen LogP contribution in [0.3, 0.4) is 0 Å². The van der Waals surface area contributed by atoms with Gasteiger partial charge in [-0.3, -0.25) is 0 Å². The van der Waals surface area contributed by atoms with Crippen LogP contribution < -0.4 is 20.7 Å². The van der Waals surface area contributed by atoms with Gasteiger partial charge in [0.15, 0.2) is 0 Å². The van der Waals surface area contributed by atoms with E-state index in [1.54, 1.807) is 0 Å². The normalized spacial score (nSPS) is 21.9. The maximum absolute atomic E-state index is 12.0. The van der Waals surface area contributed by atoms with Crippen LogP contribution in [0.5, 0.6) is 5.75 Å². The van der Waals surface area contributed by atoms with E-state index >= 15 is 0 Å². The second-order valence-electron chi connectivity index (χ2n) is 4.91. The predicted octanol–water partition coefficient (Wildman–Crippen LogP) is 2.31. The number of benzene rings is 1. The first-order chi connectivity index (χ1) is 9.83. The van der Waals surface area contributed by atoms with Crippen molar-refractivity contribution < 1.29 is 22.7 Å². The molecule has 3 N–H and O–H groups in total. The molecule has 1 saturated heterocycles. The number of rotatable bonds is 3. The summed E-state index contributed by atoms with van der Waals surface area (Å²) in [5, 5.41) is 8.53. The van der Waals surface area contributed by atoms with Crippen molar-refractivity contribution in [2.75, 3.05) is 18.4 Å². The molecule has 1 aliphatic rings. The summed E-state index contributed by atoms with van der Waals surface area (Å²) in [4.78, 5) is 11.8. The molecular weight excluding hydrogens is 287 g/mol. The standard InChI is InChI=1S/C13H16F3N3O2/c1-8-6-17-7-11(8)19-12(20)18-9-2-4-10(5-3-9)21-13(14,15)16/h2-5,8,11,17H,6-7H2,1H3,(H2,18,19,20). The average Bonchev–Trinajstić information content (AvgIpc) is 2.76. The number of ether oxygens (including phenoxy) is 1. The summed E-state index contributed by atoms with van der Waals surface area (Å²) in [6.07, 6.45) is -4.72.